The first-order chi connectivity index (χ1) is 8.75. The summed E-state index contributed by atoms with van der Waals surface area (Å²) in [5.74, 6) is 0.793. The molecule has 0 spiro atoms. The first-order valence-electron chi connectivity index (χ1n) is 6.16. The van der Waals surface area contributed by atoms with Crippen LogP contribution in [0.25, 0.3) is 0 Å². The SMILES string of the molecule is Cc1ccccc1CC(O)COc1ccccc1. The molecule has 0 aliphatic rings. The van der Waals surface area contributed by atoms with Gasteiger partial charge in [0.1, 0.15) is 12.4 Å². The normalized spacial score (nSPS) is 12.1. The second-order valence-electron chi connectivity index (χ2n) is 4.41. The van der Waals surface area contributed by atoms with Crippen molar-refractivity contribution in [1.82, 2.24) is 0 Å². The van der Waals surface area contributed by atoms with E-state index in [1.54, 1.807) is 0 Å². The maximum atomic E-state index is 9.96. The second-order valence-corrected chi connectivity index (χ2v) is 4.41. The van der Waals surface area contributed by atoms with E-state index in [1.807, 2.05) is 48.5 Å². The van der Waals surface area contributed by atoms with Crippen LogP contribution in [0.5, 0.6) is 5.75 Å². The highest BCUT2D eigenvalue weighted by atomic mass is 16.5. The Hall–Kier alpha value is -1.80. The van der Waals surface area contributed by atoms with Crippen LogP contribution in [0.15, 0.2) is 54.6 Å². The molecule has 0 aliphatic heterocycles. The quantitative estimate of drug-likeness (QED) is 0.873. The van der Waals surface area contributed by atoms with Crippen molar-refractivity contribution in [2.45, 2.75) is 19.4 Å². The van der Waals surface area contributed by atoms with Gasteiger partial charge in [-0.25, -0.2) is 0 Å². The highest BCUT2D eigenvalue weighted by molar-refractivity contribution is 5.26. The molecule has 0 aromatic heterocycles. The number of hydrogen-bond acceptors (Lipinski definition) is 2. The molecule has 2 aromatic carbocycles. The molecule has 94 valence electrons. The molecule has 0 aliphatic carbocycles. The van der Waals surface area contributed by atoms with Gasteiger partial charge < -0.3 is 9.84 Å². The standard InChI is InChI=1S/C16H18O2/c1-13-7-5-6-8-14(13)11-15(17)12-18-16-9-3-2-4-10-16/h2-10,15,17H,11-12H2,1H3. The summed E-state index contributed by atoms with van der Waals surface area (Å²) in [7, 11) is 0. The number of para-hydroxylation sites is 1. The van der Waals surface area contributed by atoms with Gasteiger partial charge in [-0.05, 0) is 30.2 Å². The zero-order chi connectivity index (χ0) is 12.8. The topological polar surface area (TPSA) is 29.5 Å². The van der Waals surface area contributed by atoms with E-state index in [1.165, 1.54) is 11.1 Å². The molecule has 1 atom stereocenters. The van der Waals surface area contributed by atoms with Crippen LogP contribution in [0.4, 0.5) is 0 Å². The Bertz CT molecular complexity index is 479. The zero-order valence-electron chi connectivity index (χ0n) is 10.5. The van der Waals surface area contributed by atoms with E-state index in [0.717, 1.165) is 5.75 Å². The number of benzene rings is 2. The third-order valence-electron chi connectivity index (χ3n) is 2.90. The summed E-state index contributed by atoms with van der Waals surface area (Å²) < 4.78 is 5.53. The number of aliphatic hydroxyl groups excluding tert-OH is 1. The maximum absolute atomic E-state index is 9.96. The van der Waals surface area contributed by atoms with Crippen LogP contribution >= 0.6 is 0 Å². The van der Waals surface area contributed by atoms with Gasteiger partial charge in [-0.2, -0.15) is 0 Å². The van der Waals surface area contributed by atoms with Gasteiger partial charge >= 0.3 is 0 Å². The van der Waals surface area contributed by atoms with Gasteiger partial charge in [-0.3, -0.25) is 0 Å². The lowest BCUT2D eigenvalue weighted by molar-refractivity contribution is 0.107. The van der Waals surface area contributed by atoms with Crippen molar-refractivity contribution in [3.63, 3.8) is 0 Å². The van der Waals surface area contributed by atoms with E-state index in [4.69, 9.17) is 4.74 Å². The Morgan fingerprint density at radius 3 is 2.39 bits per heavy atom. The molecule has 2 rings (SSSR count). The van der Waals surface area contributed by atoms with Crippen molar-refractivity contribution in [2.24, 2.45) is 0 Å². The molecule has 0 fully saturated rings. The molecular weight excluding hydrogens is 224 g/mol. The number of hydrogen-bond donors (Lipinski definition) is 1. The van der Waals surface area contributed by atoms with Crippen LogP contribution < -0.4 is 4.74 Å². The minimum Gasteiger partial charge on any atom is -0.491 e. The minimum absolute atomic E-state index is 0.318. The van der Waals surface area contributed by atoms with Gasteiger partial charge in [-0.15, -0.1) is 0 Å². The number of aryl methyl sites for hydroxylation is 1. The minimum atomic E-state index is -0.480. The Morgan fingerprint density at radius 2 is 1.67 bits per heavy atom. The van der Waals surface area contributed by atoms with Crippen LogP contribution in [-0.2, 0) is 6.42 Å². The van der Waals surface area contributed by atoms with E-state index in [-0.39, 0.29) is 0 Å². The zero-order valence-corrected chi connectivity index (χ0v) is 10.5. The van der Waals surface area contributed by atoms with Crippen molar-refractivity contribution >= 4 is 0 Å². The number of aliphatic hydroxyl groups is 1. The molecule has 0 saturated heterocycles. The van der Waals surface area contributed by atoms with Crippen molar-refractivity contribution in [2.75, 3.05) is 6.61 Å². The molecule has 2 nitrogen and oxygen atoms in total. The first kappa shape index (κ1) is 12.7. The molecule has 2 aromatic rings. The van der Waals surface area contributed by atoms with Gasteiger partial charge in [0.25, 0.3) is 0 Å². The smallest absolute Gasteiger partial charge is 0.119 e. The monoisotopic (exact) mass is 242 g/mol. The summed E-state index contributed by atoms with van der Waals surface area (Å²) in [4.78, 5) is 0. The summed E-state index contributed by atoms with van der Waals surface area (Å²) in [6.45, 7) is 2.37. The third kappa shape index (κ3) is 3.60. The van der Waals surface area contributed by atoms with Gasteiger partial charge in [0.05, 0.1) is 6.10 Å². The van der Waals surface area contributed by atoms with Gasteiger partial charge in [-0.1, -0.05) is 42.5 Å². The fraction of sp³-hybridized carbons (Fsp3) is 0.250. The fourth-order valence-corrected chi connectivity index (χ4v) is 1.86. The molecule has 18 heavy (non-hydrogen) atoms. The van der Waals surface area contributed by atoms with Crippen LogP contribution in [0, 0.1) is 6.92 Å². The predicted molar refractivity (Wildman–Crippen MR) is 72.8 cm³/mol. The summed E-state index contributed by atoms with van der Waals surface area (Å²) >= 11 is 0. The Balaban J connectivity index is 1.86. The van der Waals surface area contributed by atoms with E-state index >= 15 is 0 Å². The van der Waals surface area contributed by atoms with Gasteiger partial charge in [0.2, 0.25) is 0 Å². The van der Waals surface area contributed by atoms with Crippen LogP contribution in [0.3, 0.4) is 0 Å². The molecule has 0 amide bonds. The molecule has 1 N–H and O–H groups in total. The largest absolute Gasteiger partial charge is 0.491 e. The molecule has 0 saturated carbocycles. The maximum Gasteiger partial charge on any atom is 0.119 e. The Labute approximate surface area is 108 Å². The van der Waals surface area contributed by atoms with Crippen molar-refractivity contribution in [3.8, 4) is 5.75 Å². The van der Waals surface area contributed by atoms with Crippen molar-refractivity contribution in [3.05, 3.63) is 65.7 Å². The molecule has 2 heteroatoms. The lowest BCUT2D eigenvalue weighted by Crippen LogP contribution is -2.20. The summed E-state index contributed by atoms with van der Waals surface area (Å²) in [5.41, 5.74) is 2.37. The van der Waals surface area contributed by atoms with E-state index in [9.17, 15) is 5.11 Å². The Morgan fingerprint density at radius 1 is 1.00 bits per heavy atom. The highest BCUT2D eigenvalue weighted by Crippen LogP contribution is 2.12. The molecule has 1 unspecified atom stereocenters. The average Bonchev–Trinajstić information content (AvgIpc) is 2.40. The summed E-state index contributed by atoms with van der Waals surface area (Å²) in [5, 5.41) is 9.96. The molecule has 0 bridgehead atoms. The van der Waals surface area contributed by atoms with Gasteiger partial charge in [0.15, 0.2) is 0 Å². The van der Waals surface area contributed by atoms with Crippen LogP contribution in [-0.4, -0.2) is 17.8 Å². The first-order valence-corrected chi connectivity index (χ1v) is 6.16. The highest BCUT2D eigenvalue weighted by Gasteiger charge is 2.08. The summed E-state index contributed by atoms with van der Waals surface area (Å²) in [6, 6.07) is 17.7. The lowest BCUT2D eigenvalue weighted by atomic mass is 10.0. The summed E-state index contributed by atoms with van der Waals surface area (Å²) in [6.07, 6.45) is 0.144. The van der Waals surface area contributed by atoms with Crippen molar-refractivity contribution < 1.29 is 9.84 Å². The predicted octanol–water partition coefficient (Wildman–Crippen LogP) is 2.98. The third-order valence-corrected chi connectivity index (χ3v) is 2.90. The van der Waals surface area contributed by atoms with E-state index < -0.39 is 6.10 Å². The fourth-order valence-electron chi connectivity index (χ4n) is 1.86. The number of ether oxygens (including phenoxy) is 1. The molecular formula is C16H18O2. The van der Waals surface area contributed by atoms with Crippen LogP contribution in [0.2, 0.25) is 0 Å². The van der Waals surface area contributed by atoms with E-state index in [2.05, 4.69) is 13.0 Å². The van der Waals surface area contributed by atoms with Crippen LogP contribution in [0.1, 0.15) is 11.1 Å². The average molecular weight is 242 g/mol. The van der Waals surface area contributed by atoms with E-state index in [0.29, 0.717) is 13.0 Å². The van der Waals surface area contributed by atoms with Crippen molar-refractivity contribution in [1.29, 1.82) is 0 Å². The molecule has 0 radical (unpaired) electrons. The Kier molecular flexibility index (Phi) is 4.37. The number of rotatable bonds is 5. The van der Waals surface area contributed by atoms with Gasteiger partial charge in [0, 0.05) is 6.42 Å². The second kappa shape index (κ2) is 6.22. The molecule has 0 heterocycles. The lowest BCUT2D eigenvalue weighted by Gasteiger charge is -2.13.